The molecule has 0 aromatic heterocycles. The molecular formula is C28H36O5. The van der Waals surface area contributed by atoms with Gasteiger partial charge in [-0.3, -0.25) is 9.59 Å². The van der Waals surface area contributed by atoms with E-state index < -0.39 is 5.60 Å². The molecule has 2 heterocycles. The maximum absolute atomic E-state index is 13.4. The fourth-order valence-electron chi connectivity index (χ4n) is 11.7. The molecule has 0 N–H and O–H groups in total. The molecule has 7 fully saturated rings. The zero-order valence-corrected chi connectivity index (χ0v) is 20.1. The topological polar surface area (TPSA) is 61.8 Å². The van der Waals surface area contributed by atoms with Crippen LogP contribution in [0, 0.1) is 82.9 Å². The van der Waals surface area contributed by atoms with Crippen molar-refractivity contribution in [1.82, 2.24) is 0 Å². The van der Waals surface area contributed by atoms with E-state index in [-0.39, 0.29) is 35.6 Å². The fraction of sp³-hybridized carbons (Fsp3) is 0.857. The quantitative estimate of drug-likeness (QED) is 0.363. The van der Waals surface area contributed by atoms with Crippen molar-refractivity contribution in [3.05, 3.63) is 12.2 Å². The van der Waals surface area contributed by atoms with Crippen LogP contribution in [0.4, 0.5) is 0 Å². The van der Waals surface area contributed by atoms with Gasteiger partial charge in [-0.2, -0.15) is 0 Å². The van der Waals surface area contributed by atoms with Gasteiger partial charge in [0.05, 0.1) is 31.2 Å². The Hall–Kier alpha value is -1.36. The normalized spacial score (nSPS) is 59.8. The Balaban J connectivity index is 1.14. The van der Waals surface area contributed by atoms with Crippen LogP contribution in [-0.2, 0) is 23.8 Å². The second kappa shape index (κ2) is 6.06. The number of carbonyl (C=O) groups excluding carboxylic acids is 2. The smallest absolute Gasteiger partial charge is 0.310 e. The maximum atomic E-state index is 13.4. The third-order valence-corrected chi connectivity index (χ3v) is 11.8. The van der Waals surface area contributed by atoms with Crippen molar-refractivity contribution in [3.63, 3.8) is 0 Å². The van der Waals surface area contributed by atoms with E-state index in [4.69, 9.17) is 14.2 Å². The molecular weight excluding hydrogens is 416 g/mol. The number of rotatable bonds is 2. The average Bonchev–Trinajstić information content (AvgIpc) is 3.59. The Kier molecular flexibility index (Phi) is 3.65. The number of hydrogen-bond donors (Lipinski definition) is 0. The fourth-order valence-corrected chi connectivity index (χ4v) is 11.7. The predicted molar refractivity (Wildman–Crippen MR) is 118 cm³/mol. The highest BCUT2D eigenvalue weighted by Crippen LogP contribution is 2.78. The van der Waals surface area contributed by atoms with Crippen LogP contribution >= 0.6 is 0 Å². The molecule has 2 saturated heterocycles. The first kappa shape index (κ1) is 19.9. The minimum atomic E-state index is -0.551. The Morgan fingerprint density at radius 2 is 1.21 bits per heavy atom. The number of esters is 2. The van der Waals surface area contributed by atoms with Crippen LogP contribution in [0.15, 0.2) is 12.2 Å². The molecule has 8 rings (SSSR count). The summed E-state index contributed by atoms with van der Waals surface area (Å²) in [5, 5.41) is 0. The first-order valence-corrected chi connectivity index (χ1v) is 13.4. The van der Waals surface area contributed by atoms with Gasteiger partial charge in [0.2, 0.25) is 0 Å². The third kappa shape index (κ3) is 2.21. The van der Waals surface area contributed by atoms with E-state index >= 15 is 0 Å². The van der Waals surface area contributed by atoms with Crippen LogP contribution in [0.1, 0.15) is 40.0 Å². The van der Waals surface area contributed by atoms with Crippen LogP contribution < -0.4 is 0 Å². The molecule has 16 atom stereocenters. The molecule has 0 aromatic carbocycles. The van der Waals surface area contributed by atoms with Gasteiger partial charge in [0, 0.05) is 0 Å². The lowest BCUT2D eigenvalue weighted by Crippen LogP contribution is -2.54. The SMILES string of the molecule is COC(=O)C1C2CC(C1C(=O)OC(C)(C)C)C1C3OC(C21)C1C2CC(C4C5C=CC(C5)C24)C31. The van der Waals surface area contributed by atoms with E-state index in [1.165, 1.54) is 20.0 Å². The van der Waals surface area contributed by atoms with Gasteiger partial charge in [0.1, 0.15) is 5.60 Å². The van der Waals surface area contributed by atoms with Crippen molar-refractivity contribution >= 4 is 11.9 Å². The van der Waals surface area contributed by atoms with Gasteiger partial charge in [-0.05, 0) is 111 Å². The highest BCUT2D eigenvalue weighted by Gasteiger charge is 2.79. The van der Waals surface area contributed by atoms with Crippen LogP contribution in [0.5, 0.6) is 0 Å². The first-order valence-electron chi connectivity index (χ1n) is 13.4. The number of hydrogen-bond acceptors (Lipinski definition) is 5. The van der Waals surface area contributed by atoms with Crippen molar-refractivity contribution in [2.75, 3.05) is 7.11 Å². The molecule has 0 spiro atoms. The molecule has 0 aromatic rings. The van der Waals surface area contributed by atoms with E-state index in [9.17, 15) is 9.59 Å². The van der Waals surface area contributed by atoms with E-state index in [1.807, 2.05) is 20.8 Å². The van der Waals surface area contributed by atoms with Gasteiger partial charge in [-0.25, -0.2) is 0 Å². The lowest BCUT2D eigenvalue weighted by molar-refractivity contribution is -0.173. The van der Waals surface area contributed by atoms with E-state index in [0.717, 1.165) is 41.9 Å². The molecule has 33 heavy (non-hydrogen) atoms. The first-order chi connectivity index (χ1) is 15.8. The van der Waals surface area contributed by atoms with E-state index in [2.05, 4.69) is 12.2 Å². The van der Waals surface area contributed by atoms with Crippen molar-refractivity contribution in [3.8, 4) is 0 Å². The van der Waals surface area contributed by atoms with E-state index in [1.54, 1.807) is 0 Å². The van der Waals surface area contributed by atoms with Gasteiger partial charge in [0.15, 0.2) is 0 Å². The Morgan fingerprint density at radius 1 is 0.727 bits per heavy atom. The molecule has 2 aliphatic heterocycles. The maximum Gasteiger partial charge on any atom is 0.310 e. The Labute approximate surface area is 196 Å². The van der Waals surface area contributed by atoms with E-state index in [0.29, 0.717) is 35.9 Å². The molecule has 0 radical (unpaired) electrons. The number of ether oxygens (including phenoxy) is 3. The van der Waals surface area contributed by atoms with Gasteiger partial charge >= 0.3 is 11.9 Å². The van der Waals surface area contributed by atoms with Crippen molar-refractivity contribution in [2.24, 2.45) is 82.9 Å². The number of carbonyl (C=O) groups is 2. The standard InChI is InChI=1S/C28H36O5/c1-28(2,3)33-27(30)23-15-9-14(22(23)26(29)31-4)20-21(15)25-19-13-8-12(18(19)24(20)32-25)16-10-5-6-11(7-10)17(13)16/h5-6,10-25H,7-9H2,1-4H3. The molecule has 16 unspecified atom stereocenters. The van der Waals surface area contributed by atoms with Gasteiger partial charge < -0.3 is 14.2 Å². The molecule has 6 aliphatic carbocycles. The second-order valence-electron chi connectivity index (χ2n) is 13.7. The summed E-state index contributed by atoms with van der Waals surface area (Å²) in [7, 11) is 1.46. The summed E-state index contributed by atoms with van der Waals surface area (Å²) in [4.78, 5) is 26.4. The van der Waals surface area contributed by atoms with Crippen molar-refractivity contribution in [1.29, 1.82) is 0 Å². The summed E-state index contributed by atoms with van der Waals surface area (Å²) in [6.07, 6.45) is 9.39. The number of methoxy groups -OCH3 is 1. The molecule has 8 aliphatic rings. The van der Waals surface area contributed by atoms with Crippen LogP contribution in [0.3, 0.4) is 0 Å². The third-order valence-electron chi connectivity index (χ3n) is 11.8. The van der Waals surface area contributed by atoms with Gasteiger partial charge in [0.25, 0.3) is 0 Å². The van der Waals surface area contributed by atoms with Gasteiger partial charge in [-0.15, -0.1) is 0 Å². The molecule has 178 valence electrons. The summed E-state index contributed by atoms with van der Waals surface area (Å²) < 4.78 is 18.0. The lowest BCUT2D eigenvalue weighted by atomic mass is 9.53. The average molecular weight is 453 g/mol. The Bertz CT molecular complexity index is 964. The lowest BCUT2D eigenvalue weighted by Gasteiger charge is -2.49. The summed E-state index contributed by atoms with van der Waals surface area (Å²) in [6, 6.07) is 0. The highest BCUT2D eigenvalue weighted by molar-refractivity contribution is 5.84. The molecule has 0 amide bonds. The summed E-state index contributed by atoms with van der Waals surface area (Å²) >= 11 is 0. The van der Waals surface area contributed by atoms with Crippen LogP contribution in [0.25, 0.3) is 0 Å². The summed E-state index contributed by atoms with van der Waals surface area (Å²) in [5.41, 5.74) is -0.551. The Morgan fingerprint density at radius 3 is 1.73 bits per heavy atom. The van der Waals surface area contributed by atoms with Crippen molar-refractivity contribution in [2.45, 2.75) is 57.8 Å². The largest absolute Gasteiger partial charge is 0.469 e. The highest BCUT2D eigenvalue weighted by atomic mass is 16.6. The van der Waals surface area contributed by atoms with Crippen LogP contribution in [-0.4, -0.2) is 36.9 Å². The summed E-state index contributed by atoms with van der Waals surface area (Å²) in [6.45, 7) is 5.73. The van der Waals surface area contributed by atoms with Crippen molar-refractivity contribution < 1.29 is 23.8 Å². The van der Waals surface area contributed by atoms with Crippen LogP contribution in [0.2, 0.25) is 0 Å². The molecule has 5 heteroatoms. The molecule has 5 nitrogen and oxygen atoms in total. The predicted octanol–water partition coefficient (Wildman–Crippen LogP) is 3.72. The number of allylic oxidation sites excluding steroid dienone is 2. The second-order valence-corrected chi connectivity index (χ2v) is 13.7. The zero-order chi connectivity index (χ0) is 22.5. The molecule has 5 saturated carbocycles. The zero-order valence-electron chi connectivity index (χ0n) is 20.1. The number of fused-ring (bicyclic) bond motifs is 23. The summed E-state index contributed by atoms with van der Waals surface area (Å²) in [5.74, 6) is 6.49. The monoisotopic (exact) mass is 452 g/mol. The minimum Gasteiger partial charge on any atom is -0.469 e. The molecule has 8 bridgehead atoms. The van der Waals surface area contributed by atoms with Gasteiger partial charge in [-0.1, -0.05) is 12.2 Å². The minimum absolute atomic E-state index is 0.199.